The Morgan fingerprint density at radius 1 is 0.848 bits per heavy atom. The second-order valence-electron chi connectivity index (χ2n) is 14.5. The molecule has 4 aliphatic carbocycles. The highest BCUT2D eigenvalue weighted by Gasteiger charge is 2.72. The Hall–Kier alpha value is -0.380. The first-order valence-corrected chi connectivity index (χ1v) is 13.8. The standard InChI is InChI=1S/C30H52O3/c1-20(2)10-9-15-29(8,32)30(33)19-18-28(7)23(30)12-11-22-26(5)16-14-24(31)25(3,4)21(26)13-17-27(22,28)6/h10,21-24,31-33H,9,11-19H2,1-8H3/t21-,22+,23-,24+,26-,27+,28+,29-,30+/m0/s1. The van der Waals surface area contributed by atoms with Gasteiger partial charge in [-0.3, -0.25) is 0 Å². The van der Waals surface area contributed by atoms with Crippen LogP contribution in [0.2, 0.25) is 0 Å². The molecule has 33 heavy (non-hydrogen) atoms. The van der Waals surface area contributed by atoms with Gasteiger partial charge in [-0.05, 0) is 124 Å². The van der Waals surface area contributed by atoms with Crippen LogP contribution in [-0.2, 0) is 0 Å². The largest absolute Gasteiger partial charge is 0.393 e. The zero-order chi connectivity index (χ0) is 24.7. The van der Waals surface area contributed by atoms with Crippen LogP contribution < -0.4 is 0 Å². The lowest BCUT2D eigenvalue weighted by atomic mass is 9.35. The summed E-state index contributed by atoms with van der Waals surface area (Å²) in [6.07, 6.45) is 11.7. The van der Waals surface area contributed by atoms with Gasteiger partial charge in [0.1, 0.15) is 0 Å². The SMILES string of the molecule is CC(C)=CCC[C@](C)(O)[C@@]1(O)CC[C@]2(C)[C@@H]1CC[C@@H]1[C@@]3(C)CC[C@@H](O)C(C)(C)[C@@H]3CC[C@]12C. The van der Waals surface area contributed by atoms with Gasteiger partial charge in [-0.1, -0.05) is 46.3 Å². The van der Waals surface area contributed by atoms with Crippen molar-refractivity contribution in [2.45, 2.75) is 137 Å². The summed E-state index contributed by atoms with van der Waals surface area (Å²) in [4.78, 5) is 0. The second kappa shape index (κ2) is 7.81. The number of fused-ring (bicyclic) bond motifs is 5. The summed E-state index contributed by atoms with van der Waals surface area (Å²) in [5, 5.41) is 34.7. The van der Waals surface area contributed by atoms with E-state index in [0.29, 0.717) is 24.7 Å². The molecule has 0 aromatic carbocycles. The molecule has 0 heterocycles. The van der Waals surface area contributed by atoms with Crippen LogP contribution in [0.4, 0.5) is 0 Å². The molecule has 3 N–H and O–H groups in total. The molecule has 0 aromatic rings. The zero-order valence-corrected chi connectivity index (χ0v) is 22.8. The lowest BCUT2D eigenvalue weighted by Gasteiger charge is -2.70. The van der Waals surface area contributed by atoms with Crippen molar-refractivity contribution in [3.8, 4) is 0 Å². The fraction of sp³-hybridized carbons (Fsp3) is 0.933. The van der Waals surface area contributed by atoms with Crippen LogP contribution in [-0.4, -0.2) is 32.6 Å². The normalized spacial score (nSPS) is 50.5. The number of hydrogen-bond acceptors (Lipinski definition) is 3. The third-order valence-electron chi connectivity index (χ3n) is 12.6. The Balaban J connectivity index is 1.66. The predicted octanol–water partition coefficient (Wildman–Crippen LogP) is 6.64. The van der Waals surface area contributed by atoms with Crippen molar-refractivity contribution < 1.29 is 15.3 Å². The molecule has 0 spiro atoms. The molecule has 0 saturated heterocycles. The van der Waals surface area contributed by atoms with Gasteiger partial charge >= 0.3 is 0 Å². The van der Waals surface area contributed by atoms with Crippen LogP contribution >= 0.6 is 0 Å². The van der Waals surface area contributed by atoms with Crippen LogP contribution in [0, 0.1) is 39.4 Å². The van der Waals surface area contributed by atoms with Crippen LogP contribution in [0.3, 0.4) is 0 Å². The topological polar surface area (TPSA) is 60.7 Å². The number of aliphatic hydroxyl groups is 3. The van der Waals surface area contributed by atoms with E-state index >= 15 is 0 Å². The fourth-order valence-corrected chi connectivity index (χ4v) is 10.3. The summed E-state index contributed by atoms with van der Waals surface area (Å²) in [5.41, 5.74) is -0.381. The average Bonchev–Trinajstić information content (AvgIpc) is 2.99. The van der Waals surface area contributed by atoms with Crippen molar-refractivity contribution in [3.05, 3.63) is 11.6 Å². The molecule has 0 amide bonds. The highest BCUT2D eigenvalue weighted by atomic mass is 16.4. The molecule has 9 atom stereocenters. The van der Waals surface area contributed by atoms with Gasteiger partial charge in [0.2, 0.25) is 0 Å². The summed E-state index contributed by atoms with van der Waals surface area (Å²) in [5.74, 6) is 1.32. The average molecular weight is 461 g/mol. The van der Waals surface area contributed by atoms with E-state index in [1.807, 2.05) is 6.92 Å². The third-order valence-corrected chi connectivity index (χ3v) is 12.6. The van der Waals surface area contributed by atoms with Crippen molar-refractivity contribution in [2.24, 2.45) is 39.4 Å². The maximum absolute atomic E-state index is 12.2. The van der Waals surface area contributed by atoms with Crippen molar-refractivity contribution in [1.82, 2.24) is 0 Å². The van der Waals surface area contributed by atoms with E-state index in [2.05, 4.69) is 54.5 Å². The van der Waals surface area contributed by atoms with Gasteiger partial charge < -0.3 is 15.3 Å². The van der Waals surface area contributed by atoms with E-state index in [-0.39, 0.29) is 33.7 Å². The van der Waals surface area contributed by atoms with Gasteiger partial charge in [0.05, 0.1) is 17.3 Å². The first-order valence-electron chi connectivity index (χ1n) is 13.8. The zero-order valence-electron chi connectivity index (χ0n) is 22.8. The summed E-state index contributed by atoms with van der Waals surface area (Å²) in [7, 11) is 0. The van der Waals surface area contributed by atoms with Crippen molar-refractivity contribution in [1.29, 1.82) is 0 Å². The fourth-order valence-electron chi connectivity index (χ4n) is 10.3. The van der Waals surface area contributed by atoms with Crippen molar-refractivity contribution in [2.75, 3.05) is 0 Å². The molecular formula is C30H52O3. The Morgan fingerprint density at radius 3 is 2.09 bits per heavy atom. The summed E-state index contributed by atoms with van der Waals surface area (Å²) in [6, 6.07) is 0. The minimum absolute atomic E-state index is 0.0307. The molecule has 190 valence electrons. The second-order valence-corrected chi connectivity index (χ2v) is 14.5. The maximum Gasteiger partial charge on any atom is 0.0964 e. The molecule has 4 rings (SSSR count). The van der Waals surface area contributed by atoms with Crippen LogP contribution in [0.1, 0.15) is 120 Å². The smallest absolute Gasteiger partial charge is 0.0964 e. The van der Waals surface area contributed by atoms with Crippen LogP contribution in [0.5, 0.6) is 0 Å². The molecule has 0 aromatic heterocycles. The van der Waals surface area contributed by atoms with E-state index in [1.165, 1.54) is 18.4 Å². The highest BCUT2D eigenvalue weighted by Crippen LogP contribution is 2.76. The molecule has 0 radical (unpaired) electrons. The highest BCUT2D eigenvalue weighted by molar-refractivity contribution is 5.22. The molecule has 3 heteroatoms. The van der Waals surface area contributed by atoms with Gasteiger partial charge in [0.15, 0.2) is 0 Å². The molecule has 3 nitrogen and oxygen atoms in total. The van der Waals surface area contributed by atoms with E-state index in [1.54, 1.807) is 0 Å². The Bertz CT molecular complexity index is 794. The van der Waals surface area contributed by atoms with Gasteiger partial charge in [0, 0.05) is 0 Å². The lowest BCUT2D eigenvalue weighted by molar-refractivity contribution is -0.246. The number of aliphatic hydroxyl groups excluding tert-OH is 1. The summed E-state index contributed by atoms with van der Waals surface area (Å²) < 4.78 is 0. The van der Waals surface area contributed by atoms with E-state index < -0.39 is 11.2 Å². The third kappa shape index (κ3) is 3.38. The molecule has 4 fully saturated rings. The van der Waals surface area contributed by atoms with Crippen molar-refractivity contribution >= 4 is 0 Å². The first kappa shape index (κ1) is 25.7. The van der Waals surface area contributed by atoms with Gasteiger partial charge in [-0.25, -0.2) is 0 Å². The lowest BCUT2D eigenvalue weighted by Crippen LogP contribution is -2.66. The van der Waals surface area contributed by atoms with E-state index in [0.717, 1.165) is 38.5 Å². The first-order chi connectivity index (χ1) is 15.1. The molecule has 0 unspecified atom stereocenters. The number of hydrogen-bond donors (Lipinski definition) is 3. The maximum atomic E-state index is 12.2. The Labute approximate surface area is 203 Å². The van der Waals surface area contributed by atoms with Gasteiger partial charge in [0.25, 0.3) is 0 Å². The summed E-state index contributed by atoms with van der Waals surface area (Å²) in [6.45, 7) is 18.2. The number of allylic oxidation sites excluding steroid dienone is 2. The van der Waals surface area contributed by atoms with Gasteiger partial charge in [-0.2, -0.15) is 0 Å². The van der Waals surface area contributed by atoms with Gasteiger partial charge in [-0.15, -0.1) is 0 Å². The monoisotopic (exact) mass is 460 g/mol. The molecule has 4 saturated carbocycles. The minimum Gasteiger partial charge on any atom is -0.393 e. The predicted molar refractivity (Wildman–Crippen MR) is 136 cm³/mol. The molecule has 0 aliphatic heterocycles. The van der Waals surface area contributed by atoms with Crippen molar-refractivity contribution in [3.63, 3.8) is 0 Å². The van der Waals surface area contributed by atoms with Crippen LogP contribution in [0.15, 0.2) is 11.6 Å². The summed E-state index contributed by atoms with van der Waals surface area (Å²) >= 11 is 0. The molecular weight excluding hydrogens is 408 g/mol. The Kier molecular flexibility index (Phi) is 6.08. The van der Waals surface area contributed by atoms with Crippen LogP contribution in [0.25, 0.3) is 0 Å². The van der Waals surface area contributed by atoms with E-state index in [9.17, 15) is 15.3 Å². The Morgan fingerprint density at radius 2 is 1.45 bits per heavy atom. The minimum atomic E-state index is -1.07. The number of rotatable bonds is 4. The van der Waals surface area contributed by atoms with E-state index in [4.69, 9.17) is 0 Å². The molecule has 0 bridgehead atoms. The quantitative estimate of drug-likeness (QED) is 0.412. The molecule has 4 aliphatic rings.